The summed E-state index contributed by atoms with van der Waals surface area (Å²) in [5.74, 6) is 0.872. The number of aryl methyl sites for hydroxylation is 2. The van der Waals surface area contributed by atoms with E-state index >= 15 is 0 Å². The highest BCUT2D eigenvalue weighted by Gasteiger charge is 2.40. The van der Waals surface area contributed by atoms with Crippen molar-refractivity contribution in [1.82, 2.24) is 15.1 Å². The van der Waals surface area contributed by atoms with Crippen LogP contribution in [0.25, 0.3) is 5.69 Å². The number of carbonyl (C=O) groups excluding carboxylic acids is 2. The summed E-state index contributed by atoms with van der Waals surface area (Å²) in [6.45, 7) is 5.14. The van der Waals surface area contributed by atoms with E-state index in [1.807, 2.05) is 73.1 Å². The lowest BCUT2D eigenvalue weighted by Crippen LogP contribution is -2.44. The minimum atomic E-state index is -0.923. The normalized spacial score (nSPS) is 16.4. The van der Waals surface area contributed by atoms with Crippen LogP contribution in [0.1, 0.15) is 28.4 Å². The Labute approximate surface area is 230 Å². The molecule has 8 nitrogen and oxygen atoms in total. The number of nitrogens with one attached hydrogen (secondary N) is 1. The van der Waals surface area contributed by atoms with E-state index in [1.165, 1.54) is 11.8 Å². The van der Waals surface area contributed by atoms with Gasteiger partial charge < -0.3 is 14.8 Å². The van der Waals surface area contributed by atoms with Gasteiger partial charge in [0.2, 0.25) is 11.8 Å². The van der Waals surface area contributed by atoms with Crippen molar-refractivity contribution in [3.8, 4) is 17.2 Å². The van der Waals surface area contributed by atoms with Crippen molar-refractivity contribution in [1.29, 1.82) is 0 Å². The van der Waals surface area contributed by atoms with Gasteiger partial charge in [-0.15, -0.1) is 0 Å². The molecule has 0 saturated heterocycles. The zero-order valence-electron chi connectivity index (χ0n) is 21.7. The first-order valence-corrected chi connectivity index (χ1v) is 13.8. The number of fused-ring (bicyclic) bond motifs is 2. The van der Waals surface area contributed by atoms with Gasteiger partial charge in [0.15, 0.2) is 11.5 Å². The quantitative estimate of drug-likeness (QED) is 0.393. The number of ether oxygens (including phenoxy) is 2. The van der Waals surface area contributed by atoms with Crippen LogP contribution in [0.15, 0.2) is 77.8 Å². The van der Waals surface area contributed by atoms with Crippen LogP contribution in [-0.2, 0) is 16.1 Å². The number of amides is 2. The second-order valence-electron chi connectivity index (χ2n) is 9.54. The Bertz CT molecular complexity index is 1530. The molecule has 6 rings (SSSR count). The van der Waals surface area contributed by atoms with Crippen molar-refractivity contribution in [3.05, 3.63) is 95.2 Å². The minimum absolute atomic E-state index is 0.154. The van der Waals surface area contributed by atoms with Gasteiger partial charge in [0.05, 0.1) is 17.1 Å². The molecule has 198 valence electrons. The summed E-state index contributed by atoms with van der Waals surface area (Å²) in [5, 5.41) is 8.68. The van der Waals surface area contributed by atoms with Crippen molar-refractivity contribution in [2.75, 3.05) is 23.9 Å². The van der Waals surface area contributed by atoms with E-state index in [0.717, 1.165) is 21.8 Å². The largest absolute Gasteiger partial charge is 0.486 e. The molecule has 39 heavy (non-hydrogen) atoms. The first-order valence-electron chi connectivity index (χ1n) is 12.8. The number of carbonyl (C=O) groups is 2. The summed E-state index contributed by atoms with van der Waals surface area (Å²) >= 11 is 1.40. The maximum absolute atomic E-state index is 14.1. The molecule has 0 radical (unpaired) electrons. The predicted molar refractivity (Wildman–Crippen MR) is 150 cm³/mol. The molecular formula is C30H28N4O4S. The van der Waals surface area contributed by atoms with E-state index in [4.69, 9.17) is 14.6 Å². The maximum Gasteiger partial charge on any atom is 0.248 e. The molecule has 3 aromatic carbocycles. The Balaban J connectivity index is 1.45. The molecule has 0 fully saturated rings. The SMILES string of the molecule is Cc1ccc(CNC(=O)[C@@H]2c3c(C)nn(-c4ccccc4)c3SCC(=O)N2c2ccc3c(c2)OCCO3)cc1. The van der Waals surface area contributed by atoms with E-state index in [2.05, 4.69) is 5.32 Å². The fraction of sp³-hybridized carbons (Fsp3) is 0.233. The van der Waals surface area contributed by atoms with Gasteiger partial charge in [0, 0.05) is 23.9 Å². The predicted octanol–water partition coefficient (Wildman–Crippen LogP) is 4.76. The first kappa shape index (κ1) is 25.1. The molecule has 0 aliphatic carbocycles. The molecule has 2 aliphatic rings. The van der Waals surface area contributed by atoms with Crippen LogP contribution in [-0.4, -0.2) is 40.6 Å². The zero-order valence-corrected chi connectivity index (χ0v) is 22.5. The summed E-state index contributed by atoms with van der Waals surface area (Å²) in [5.41, 5.74) is 4.97. The molecule has 4 aromatic rings. The van der Waals surface area contributed by atoms with Gasteiger partial charge >= 0.3 is 0 Å². The Morgan fingerprint density at radius 2 is 1.72 bits per heavy atom. The molecule has 0 saturated carbocycles. The van der Waals surface area contributed by atoms with E-state index in [9.17, 15) is 9.59 Å². The second-order valence-corrected chi connectivity index (χ2v) is 10.5. The van der Waals surface area contributed by atoms with Gasteiger partial charge in [-0.2, -0.15) is 5.10 Å². The summed E-state index contributed by atoms with van der Waals surface area (Å²) in [7, 11) is 0. The molecule has 3 heterocycles. The minimum Gasteiger partial charge on any atom is -0.486 e. The molecule has 0 spiro atoms. The Morgan fingerprint density at radius 3 is 2.49 bits per heavy atom. The van der Waals surface area contributed by atoms with Crippen LogP contribution in [0, 0.1) is 13.8 Å². The third-order valence-electron chi connectivity index (χ3n) is 6.84. The lowest BCUT2D eigenvalue weighted by Gasteiger charge is -2.30. The number of aromatic nitrogens is 2. The van der Waals surface area contributed by atoms with Gasteiger partial charge in [-0.1, -0.05) is 59.8 Å². The molecule has 1 aromatic heterocycles. The Hall–Kier alpha value is -4.24. The van der Waals surface area contributed by atoms with Crippen LogP contribution >= 0.6 is 11.8 Å². The van der Waals surface area contributed by atoms with Gasteiger partial charge in [0.25, 0.3) is 0 Å². The number of rotatable bonds is 5. The molecule has 0 unspecified atom stereocenters. The summed E-state index contributed by atoms with van der Waals surface area (Å²) in [6, 6.07) is 22.2. The first-order chi connectivity index (χ1) is 19.0. The van der Waals surface area contributed by atoms with Crippen LogP contribution in [0.2, 0.25) is 0 Å². The van der Waals surface area contributed by atoms with E-state index in [0.29, 0.717) is 48.2 Å². The average molecular weight is 541 g/mol. The van der Waals surface area contributed by atoms with E-state index < -0.39 is 6.04 Å². The molecule has 1 atom stereocenters. The van der Waals surface area contributed by atoms with Crippen LogP contribution in [0.3, 0.4) is 0 Å². The maximum atomic E-state index is 14.1. The molecule has 9 heteroatoms. The lowest BCUT2D eigenvalue weighted by molar-refractivity contribution is -0.126. The Morgan fingerprint density at radius 1 is 0.974 bits per heavy atom. The number of thioether (sulfide) groups is 1. The lowest BCUT2D eigenvalue weighted by atomic mass is 10.0. The highest BCUT2D eigenvalue weighted by molar-refractivity contribution is 8.00. The number of anilines is 1. The fourth-order valence-electron chi connectivity index (χ4n) is 4.90. The second kappa shape index (κ2) is 10.5. The highest BCUT2D eigenvalue weighted by Crippen LogP contribution is 2.43. The van der Waals surface area contributed by atoms with Gasteiger partial charge in [-0.05, 0) is 43.7 Å². The van der Waals surface area contributed by atoms with Gasteiger partial charge in [0.1, 0.15) is 24.3 Å². The van der Waals surface area contributed by atoms with Gasteiger partial charge in [-0.25, -0.2) is 4.68 Å². The number of para-hydroxylation sites is 1. The molecule has 2 aliphatic heterocycles. The van der Waals surface area contributed by atoms with Crippen molar-refractivity contribution in [3.63, 3.8) is 0 Å². The van der Waals surface area contributed by atoms with Crippen LogP contribution < -0.4 is 19.7 Å². The number of hydrogen-bond donors (Lipinski definition) is 1. The summed E-state index contributed by atoms with van der Waals surface area (Å²) in [4.78, 5) is 29.4. The molecule has 0 bridgehead atoms. The van der Waals surface area contributed by atoms with Crippen molar-refractivity contribution in [2.45, 2.75) is 31.5 Å². The van der Waals surface area contributed by atoms with E-state index in [-0.39, 0.29) is 17.6 Å². The van der Waals surface area contributed by atoms with Crippen molar-refractivity contribution < 1.29 is 19.1 Å². The fourth-order valence-corrected chi connectivity index (χ4v) is 5.99. The summed E-state index contributed by atoms with van der Waals surface area (Å²) in [6.07, 6.45) is 0. The zero-order chi connectivity index (χ0) is 26.9. The topological polar surface area (TPSA) is 85.7 Å². The van der Waals surface area contributed by atoms with E-state index in [1.54, 1.807) is 23.1 Å². The molecule has 2 amide bonds. The third-order valence-corrected chi connectivity index (χ3v) is 7.89. The van der Waals surface area contributed by atoms with Gasteiger partial charge in [-0.3, -0.25) is 14.5 Å². The average Bonchev–Trinajstić information content (AvgIpc) is 3.20. The molecular weight excluding hydrogens is 512 g/mol. The monoisotopic (exact) mass is 540 g/mol. The highest BCUT2D eigenvalue weighted by atomic mass is 32.2. The van der Waals surface area contributed by atoms with Crippen LogP contribution in [0.5, 0.6) is 11.5 Å². The summed E-state index contributed by atoms with van der Waals surface area (Å²) < 4.78 is 13.3. The van der Waals surface area contributed by atoms with Crippen LogP contribution in [0.4, 0.5) is 5.69 Å². The van der Waals surface area contributed by atoms with Crippen molar-refractivity contribution in [2.24, 2.45) is 0 Å². The third kappa shape index (κ3) is 4.85. The molecule has 1 N–H and O–H groups in total. The smallest absolute Gasteiger partial charge is 0.248 e. The Kier molecular flexibility index (Phi) is 6.74. The number of benzene rings is 3. The number of hydrogen-bond acceptors (Lipinski definition) is 6. The number of nitrogens with zero attached hydrogens (tertiary/aromatic N) is 3. The standard InChI is InChI=1S/C30H28N4O4S/c1-19-8-10-21(11-9-19)17-31-29(36)28-27-20(2)32-34(22-6-4-3-5-7-22)30(27)39-18-26(35)33(28)23-12-13-24-25(16-23)38-15-14-37-24/h3-13,16,28H,14-15,17-18H2,1-2H3,(H,31,36)/t28-/m0/s1. The van der Waals surface area contributed by atoms with Crippen molar-refractivity contribution >= 4 is 29.3 Å².